The lowest BCUT2D eigenvalue weighted by Gasteiger charge is -2.28. The molecular formula is C15H18BrNO3. The molecule has 2 rings (SSSR count). The Morgan fingerprint density at radius 1 is 1.35 bits per heavy atom. The summed E-state index contributed by atoms with van der Waals surface area (Å²) in [5, 5.41) is 9.06. The van der Waals surface area contributed by atoms with Gasteiger partial charge in [-0.05, 0) is 47.3 Å². The van der Waals surface area contributed by atoms with Crippen LogP contribution in [0, 0.1) is 6.92 Å². The van der Waals surface area contributed by atoms with Gasteiger partial charge in [0, 0.05) is 10.5 Å². The first-order valence-corrected chi connectivity index (χ1v) is 7.58. The summed E-state index contributed by atoms with van der Waals surface area (Å²) < 4.78 is 0.749. The fraction of sp³-hybridized carbons (Fsp3) is 0.467. The van der Waals surface area contributed by atoms with E-state index < -0.39 is 5.97 Å². The molecule has 1 amide bonds. The van der Waals surface area contributed by atoms with E-state index in [1.165, 1.54) is 4.90 Å². The fourth-order valence-electron chi connectivity index (χ4n) is 2.70. The van der Waals surface area contributed by atoms with E-state index in [1.807, 2.05) is 19.1 Å². The number of halogens is 1. The maximum Gasteiger partial charge on any atom is 0.323 e. The fourth-order valence-corrected chi connectivity index (χ4v) is 3.13. The van der Waals surface area contributed by atoms with Gasteiger partial charge >= 0.3 is 5.97 Å². The van der Waals surface area contributed by atoms with Gasteiger partial charge in [-0.2, -0.15) is 0 Å². The van der Waals surface area contributed by atoms with Gasteiger partial charge in [0.2, 0.25) is 0 Å². The number of hydrogen-bond donors (Lipinski definition) is 1. The van der Waals surface area contributed by atoms with E-state index in [2.05, 4.69) is 15.9 Å². The van der Waals surface area contributed by atoms with Gasteiger partial charge < -0.3 is 10.0 Å². The molecule has 5 heteroatoms. The van der Waals surface area contributed by atoms with Crippen molar-refractivity contribution in [2.24, 2.45) is 0 Å². The van der Waals surface area contributed by atoms with E-state index in [1.54, 1.807) is 6.07 Å². The minimum atomic E-state index is -0.964. The predicted molar refractivity (Wildman–Crippen MR) is 79.8 cm³/mol. The highest BCUT2D eigenvalue weighted by atomic mass is 79.9. The number of carboxylic acid groups (broad SMARTS) is 1. The molecule has 1 saturated carbocycles. The van der Waals surface area contributed by atoms with Gasteiger partial charge in [0.05, 0.1) is 5.56 Å². The summed E-state index contributed by atoms with van der Waals surface area (Å²) in [6.07, 6.45) is 3.90. The molecule has 20 heavy (non-hydrogen) atoms. The minimum absolute atomic E-state index is 0.0472. The smallest absolute Gasteiger partial charge is 0.323 e. The molecule has 4 nitrogen and oxygen atoms in total. The topological polar surface area (TPSA) is 57.6 Å². The van der Waals surface area contributed by atoms with Crippen LogP contribution in [0.1, 0.15) is 41.6 Å². The zero-order chi connectivity index (χ0) is 14.7. The Bertz CT molecular complexity index is 524. The van der Waals surface area contributed by atoms with Crippen molar-refractivity contribution in [2.45, 2.75) is 38.6 Å². The Labute approximate surface area is 126 Å². The highest BCUT2D eigenvalue weighted by Gasteiger charge is 2.30. The maximum atomic E-state index is 12.7. The number of aliphatic carboxylic acids is 1. The summed E-state index contributed by atoms with van der Waals surface area (Å²) in [5.74, 6) is -1.16. The third kappa shape index (κ3) is 3.20. The van der Waals surface area contributed by atoms with Crippen molar-refractivity contribution in [1.29, 1.82) is 0 Å². The Balaban J connectivity index is 2.29. The van der Waals surface area contributed by atoms with E-state index in [0.29, 0.717) is 5.56 Å². The van der Waals surface area contributed by atoms with Crippen molar-refractivity contribution in [1.82, 2.24) is 4.90 Å². The van der Waals surface area contributed by atoms with Crippen molar-refractivity contribution < 1.29 is 14.7 Å². The van der Waals surface area contributed by atoms with Gasteiger partial charge in [-0.1, -0.05) is 25.0 Å². The van der Waals surface area contributed by atoms with Gasteiger partial charge in [-0.25, -0.2) is 0 Å². The number of carboxylic acids is 1. The van der Waals surface area contributed by atoms with Gasteiger partial charge in [-0.15, -0.1) is 0 Å². The van der Waals surface area contributed by atoms with Crippen LogP contribution in [0.5, 0.6) is 0 Å². The number of carbonyl (C=O) groups is 2. The molecule has 108 valence electrons. The van der Waals surface area contributed by atoms with E-state index in [9.17, 15) is 9.59 Å². The van der Waals surface area contributed by atoms with Crippen molar-refractivity contribution >= 4 is 27.8 Å². The van der Waals surface area contributed by atoms with Gasteiger partial charge in [-0.3, -0.25) is 9.59 Å². The molecule has 0 saturated heterocycles. The summed E-state index contributed by atoms with van der Waals surface area (Å²) >= 11 is 3.43. The number of aryl methyl sites for hydroxylation is 1. The number of rotatable bonds is 4. The number of amides is 1. The quantitative estimate of drug-likeness (QED) is 0.916. The lowest BCUT2D eigenvalue weighted by molar-refractivity contribution is -0.138. The average Bonchev–Trinajstić information content (AvgIpc) is 2.92. The lowest BCUT2D eigenvalue weighted by atomic mass is 10.1. The zero-order valence-corrected chi connectivity index (χ0v) is 13.0. The maximum absolute atomic E-state index is 12.7. The molecule has 0 heterocycles. The monoisotopic (exact) mass is 339 g/mol. The minimum Gasteiger partial charge on any atom is -0.480 e. The van der Waals surface area contributed by atoms with E-state index in [-0.39, 0.29) is 18.5 Å². The average molecular weight is 340 g/mol. The first-order chi connectivity index (χ1) is 9.50. The van der Waals surface area contributed by atoms with Crippen molar-refractivity contribution in [3.63, 3.8) is 0 Å². The van der Waals surface area contributed by atoms with Gasteiger partial charge in [0.25, 0.3) is 5.91 Å². The highest BCUT2D eigenvalue weighted by Crippen LogP contribution is 2.28. The van der Waals surface area contributed by atoms with E-state index >= 15 is 0 Å². The number of benzene rings is 1. The molecule has 0 aromatic heterocycles. The Morgan fingerprint density at radius 3 is 2.60 bits per heavy atom. The van der Waals surface area contributed by atoms with E-state index in [4.69, 9.17) is 5.11 Å². The second-order valence-corrected chi connectivity index (χ2v) is 5.99. The standard InChI is InChI=1S/C15H18BrNO3/c1-10-5-4-8-12(14(10)16)15(20)17(9-13(18)19)11-6-2-3-7-11/h4-5,8,11H,2-3,6-7,9H2,1H3,(H,18,19). The first-order valence-electron chi connectivity index (χ1n) is 6.78. The largest absolute Gasteiger partial charge is 0.480 e. The zero-order valence-electron chi connectivity index (χ0n) is 11.4. The molecule has 1 aromatic carbocycles. The van der Waals surface area contributed by atoms with Crippen LogP contribution in [-0.4, -0.2) is 34.5 Å². The number of hydrogen-bond acceptors (Lipinski definition) is 2. The Morgan fingerprint density at radius 2 is 2.00 bits per heavy atom. The van der Waals surface area contributed by atoms with Crippen LogP contribution >= 0.6 is 15.9 Å². The molecule has 0 aliphatic heterocycles. The van der Waals surface area contributed by atoms with Crippen LogP contribution in [0.4, 0.5) is 0 Å². The van der Waals surface area contributed by atoms with Crippen LogP contribution in [-0.2, 0) is 4.79 Å². The van der Waals surface area contributed by atoms with Crippen LogP contribution in [0.2, 0.25) is 0 Å². The highest BCUT2D eigenvalue weighted by molar-refractivity contribution is 9.10. The molecule has 1 aliphatic rings. The van der Waals surface area contributed by atoms with Crippen LogP contribution in [0.3, 0.4) is 0 Å². The molecule has 0 radical (unpaired) electrons. The molecule has 1 aliphatic carbocycles. The molecular weight excluding hydrogens is 322 g/mol. The molecule has 0 atom stereocenters. The van der Waals surface area contributed by atoms with Crippen LogP contribution in [0.25, 0.3) is 0 Å². The van der Waals surface area contributed by atoms with Crippen molar-refractivity contribution in [3.8, 4) is 0 Å². The first kappa shape index (κ1) is 15.0. The Hall–Kier alpha value is -1.36. The molecule has 1 aromatic rings. The van der Waals surface area contributed by atoms with Gasteiger partial charge in [0.15, 0.2) is 0 Å². The van der Waals surface area contributed by atoms with Crippen molar-refractivity contribution in [3.05, 3.63) is 33.8 Å². The van der Waals surface area contributed by atoms with Gasteiger partial charge in [0.1, 0.15) is 6.54 Å². The van der Waals surface area contributed by atoms with Crippen LogP contribution in [0.15, 0.2) is 22.7 Å². The summed E-state index contributed by atoms with van der Waals surface area (Å²) in [4.78, 5) is 25.2. The SMILES string of the molecule is Cc1cccc(C(=O)N(CC(=O)O)C2CCCC2)c1Br. The predicted octanol–water partition coefficient (Wildman–Crippen LogP) is 3.23. The third-order valence-electron chi connectivity index (χ3n) is 3.75. The van der Waals surface area contributed by atoms with Crippen molar-refractivity contribution in [2.75, 3.05) is 6.54 Å². The molecule has 1 N–H and O–H groups in total. The molecule has 0 spiro atoms. The summed E-state index contributed by atoms with van der Waals surface area (Å²) in [5.41, 5.74) is 1.51. The lowest BCUT2D eigenvalue weighted by Crippen LogP contribution is -2.42. The second-order valence-electron chi connectivity index (χ2n) is 5.20. The number of carbonyl (C=O) groups excluding carboxylic acids is 1. The van der Waals surface area contributed by atoms with Crippen LogP contribution < -0.4 is 0 Å². The molecule has 1 fully saturated rings. The molecule has 0 bridgehead atoms. The summed E-state index contributed by atoms with van der Waals surface area (Å²) in [6.45, 7) is 1.68. The van der Waals surface area contributed by atoms with E-state index in [0.717, 1.165) is 35.7 Å². The number of nitrogens with zero attached hydrogens (tertiary/aromatic N) is 1. The Kier molecular flexibility index (Phi) is 4.81. The summed E-state index contributed by atoms with van der Waals surface area (Å²) in [6, 6.07) is 5.52. The molecule has 0 unspecified atom stereocenters. The third-order valence-corrected chi connectivity index (χ3v) is 4.81. The second kappa shape index (κ2) is 6.39. The normalized spacial score (nSPS) is 15.3. The summed E-state index contributed by atoms with van der Waals surface area (Å²) in [7, 11) is 0.